The smallest absolute Gasteiger partial charge is 0.264 e. The van der Waals surface area contributed by atoms with Crippen molar-refractivity contribution in [2.45, 2.75) is 6.54 Å². The molecule has 4 nitrogen and oxygen atoms in total. The van der Waals surface area contributed by atoms with Gasteiger partial charge < -0.3 is 4.74 Å². The number of hydrogen-bond acceptors (Lipinski definition) is 4. The maximum atomic E-state index is 13.9. The van der Waals surface area contributed by atoms with Crippen molar-refractivity contribution in [2.75, 3.05) is 4.90 Å². The molecule has 0 saturated heterocycles. The lowest BCUT2D eigenvalue weighted by Gasteiger charge is -2.21. The monoisotopic (exact) mass is 436 g/mol. The van der Waals surface area contributed by atoms with Crippen molar-refractivity contribution in [3.05, 3.63) is 120 Å². The van der Waals surface area contributed by atoms with Crippen LogP contribution in [0, 0.1) is 0 Å². The number of thiazole rings is 1. The summed E-state index contributed by atoms with van der Waals surface area (Å²) in [4.78, 5) is 20.3. The predicted octanol–water partition coefficient (Wildman–Crippen LogP) is 6.94. The van der Waals surface area contributed by atoms with Crippen molar-refractivity contribution in [3.63, 3.8) is 0 Å². The van der Waals surface area contributed by atoms with Gasteiger partial charge in [-0.3, -0.25) is 9.69 Å². The summed E-state index contributed by atoms with van der Waals surface area (Å²) in [6.07, 6.45) is 0. The van der Waals surface area contributed by atoms with E-state index in [0.29, 0.717) is 28.7 Å². The van der Waals surface area contributed by atoms with Crippen LogP contribution in [0.25, 0.3) is 10.2 Å². The normalized spacial score (nSPS) is 10.8. The summed E-state index contributed by atoms with van der Waals surface area (Å²) in [5.41, 5.74) is 2.40. The lowest BCUT2D eigenvalue weighted by Crippen LogP contribution is -2.30. The highest BCUT2D eigenvalue weighted by atomic mass is 32.1. The highest BCUT2D eigenvalue weighted by molar-refractivity contribution is 7.22. The molecule has 0 bridgehead atoms. The Bertz CT molecular complexity index is 1320. The van der Waals surface area contributed by atoms with E-state index in [1.807, 2.05) is 103 Å². The number of benzene rings is 4. The van der Waals surface area contributed by atoms with Crippen molar-refractivity contribution in [1.29, 1.82) is 0 Å². The largest absolute Gasteiger partial charge is 0.457 e. The zero-order valence-electron chi connectivity index (χ0n) is 17.2. The zero-order chi connectivity index (χ0) is 21.8. The van der Waals surface area contributed by atoms with Crippen LogP contribution in [0.5, 0.6) is 11.5 Å². The topological polar surface area (TPSA) is 42.4 Å². The number of rotatable bonds is 6. The maximum absolute atomic E-state index is 13.9. The van der Waals surface area contributed by atoms with Crippen molar-refractivity contribution in [3.8, 4) is 11.5 Å². The van der Waals surface area contributed by atoms with Gasteiger partial charge >= 0.3 is 0 Å². The molecule has 0 fully saturated rings. The molecule has 32 heavy (non-hydrogen) atoms. The molecule has 0 aliphatic carbocycles. The molecule has 0 radical (unpaired) electrons. The molecule has 5 heteroatoms. The number of carbonyl (C=O) groups excluding carboxylic acids is 1. The fourth-order valence-electron chi connectivity index (χ4n) is 3.46. The summed E-state index contributed by atoms with van der Waals surface area (Å²) >= 11 is 1.51. The van der Waals surface area contributed by atoms with Gasteiger partial charge in [0.2, 0.25) is 0 Å². The standard InChI is InChI=1S/C27H20N2O2S/c30-26(22-15-7-9-17-24(22)31-21-13-5-2-6-14-21)29(19-20-11-3-1-4-12-20)27-28-23-16-8-10-18-25(23)32-27/h1-18H,19H2. The third kappa shape index (κ3) is 4.24. The van der Waals surface area contributed by atoms with Crippen molar-refractivity contribution in [1.82, 2.24) is 4.98 Å². The van der Waals surface area contributed by atoms with Crippen molar-refractivity contribution >= 4 is 32.6 Å². The van der Waals surface area contributed by atoms with Crippen LogP contribution < -0.4 is 9.64 Å². The minimum absolute atomic E-state index is 0.153. The molecule has 4 aromatic carbocycles. The van der Waals surface area contributed by atoms with Gasteiger partial charge in [0, 0.05) is 0 Å². The lowest BCUT2D eigenvalue weighted by molar-refractivity contribution is 0.0983. The third-order valence-corrected chi connectivity index (χ3v) is 6.09. The first kappa shape index (κ1) is 20.0. The molecule has 0 aliphatic heterocycles. The molecule has 0 saturated carbocycles. The second kappa shape index (κ2) is 9.04. The highest BCUT2D eigenvalue weighted by Crippen LogP contribution is 2.33. The Hall–Kier alpha value is -3.96. The summed E-state index contributed by atoms with van der Waals surface area (Å²) in [5, 5.41) is 0.662. The molecule has 1 aromatic heterocycles. The van der Waals surface area contributed by atoms with E-state index < -0.39 is 0 Å². The molecular weight excluding hydrogens is 416 g/mol. The molecule has 156 valence electrons. The summed E-state index contributed by atoms with van der Waals surface area (Å²) in [7, 11) is 0. The van der Waals surface area contributed by atoms with Crippen LogP contribution in [-0.4, -0.2) is 10.9 Å². The van der Waals surface area contributed by atoms with E-state index in [4.69, 9.17) is 9.72 Å². The summed E-state index contributed by atoms with van der Waals surface area (Å²) in [6.45, 7) is 0.416. The number of anilines is 1. The highest BCUT2D eigenvalue weighted by Gasteiger charge is 2.24. The Kier molecular flexibility index (Phi) is 5.64. The number of carbonyl (C=O) groups is 1. The van der Waals surface area contributed by atoms with Gasteiger partial charge in [-0.2, -0.15) is 0 Å². The fourth-order valence-corrected chi connectivity index (χ4v) is 4.42. The van der Waals surface area contributed by atoms with E-state index in [-0.39, 0.29) is 5.91 Å². The average Bonchev–Trinajstić information content (AvgIpc) is 3.28. The molecule has 5 aromatic rings. The van der Waals surface area contributed by atoms with Gasteiger partial charge in [-0.25, -0.2) is 4.98 Å². The Labute approximate surface area is 190 Å². The zero-order valence-corrected chi connectivity index (χ0v) is 18.0. The van der Waals surface area contributed by atoms with Crippen LogP contribution in [0.3, 0.4) is 0 Å². The van der Waals surface area contributed by atoms with Crippen LogP contribution in [0.15, 0.2) is 109 Å². The SMILES string of the molecule is O=C(c1ccccc1Oc1ccccc1)N(Cc1ccccc1)c1nc2ccccc2s1. The lowest BCUT2D eigenvalue weighted by atomic mass is 10.1. The number of para-hydroxylation sites is 3. The summed E-state index contributed by atoms with van der Waals surface area (Å²) in [5.74, 6) is 1.05. The Morgan fingerprint density at radius 3 is 2.22 bits per heavy atom. The number of ether oxygens (including phenoxy) is 1. The Morgan fingerprint density at radius 1 is 0.781 bits per heavy atom. The van der Waals surface area contributed by atoms with Gasteiger partial charge in [0.1, 0.15) is 11.5 Å². The number of aromatic nitrogens is 1. The van der Waals surface area contributed by atoms with E-state index in [1.165, 1.54) is 11.3 Å². The Morgan fingerprint density at radius 2 is 1.44 bits per heavy atom. The first-order chi connectivity index (χ1) is 15.8. The average molecular weight is 437 g/mol. The fraction of sp³-hybridized carbons (Fsp3) is 0.0370. The van der Waals surface area contributed by atoms with E-state index in [9.17, 15) is 4.79 Å². The molecule has 0 N–H and O–H groups in total. The number of amides is 1. The van der Waals surface area contributed by atoms with Crippen LogP contribution in [0.1, 0.15) is 15.9 Å². The Balaban J connectivity index is 1.55. The van der Waals surface area contributed by atoms with Gasteiger partial charge in [0.15, 0.2) is 5.13 Å². The van der Waals surface area contributed by atoms with Gasteiger partial charge in [-0.1, -0.05) is 84.1 Å². The minimum atomic E-state index is -0.153. The third-order valence-electron chi connectivity index (χ3n) is 5.03. The quantitative estimate of drug-likeness (QED) is 0.290. The molecule has 0 atom stereocenters. The van der Waals surface area contributed by atoms with Crippen LogP contribution in [0.2, 0.25) is 0 Å². The van der Waals surface area contributed by atoms with Crippen molar-refractivity contribution in [2.24, 2.45) is 0 Å². The molecule has 0 unspecified atom stereocenters. The first-order valence-electron chi connectivity index (χ1n) is 10.3. The van der Waals surface area contributed by atoms with Crippen LogP contribution >= 0.6 is 11.3 Å². The first-order valence-corrected chi connectivity index (χ1v) is 11.1. The van der Waals surface area contributed by atoms with E-state index in [2.05, 4.69) is 0 Å². The minimum Gasteiger partial charge on any atom is -0.457 e. The molecular formula is C27H20N2O2S. The maximum Gasteiger partial charge on any atom is 0.264 e. The molecule has 1 heterocycles. The number of hydrogen-bond donors (Lipinski definition) is 0. The second-order valence-corrected chi connectivity index (χ2v) is 8.26. The van der Waals surface area contributed by atoms with Crippen LogP contribution in [-0.2, 0) is 6.54 Å². The molecule has 1 amide bonds. The van der Waals surface area contributed by atoms with Gasteiger partial charge in [0.05, 0.1) is 22.3 Å². The molecule has 5 rings (SSSR count). The van der Waals surface area contributed by atoms with Crippen LogP contribution in [0.4, 0.5) is 5.13 Å². The van der Waals surface area contributed by atoms with E-state index in [1.54, 1.807) is 11.0 Å². The van der Waals surface area contributed by atoms with Crippen molar-refractivity contribution < 1.29 is 9.53 Å². The van der Waals surface area contributed by atoms with Gasteiger partial charge in [-0.15, -0.1) is 0 Å². The van der Waals surface area contributed by atoms with E-state index >= 15 is 0 Å². The van der Waals surface area contributed by atoms with Gasteiger partial charge in [-0.05, 0) is 42.0 Å². The predicted molar refractivity (Wildman–Crippen MR) is 130 cm³/mol. The summed E-state index contributed by atoms with van der Waals surface area (Å²) < 4.78 is 7.10. The molecule has 0 spiro atoms. The molecule has 0 aliphatic rings. The number of fused-ring (bicyclic) bond motifs is 1. The summed E-state index contributed by atoms with van der Waals surface area (Å²) in [6, 6.07) is 34.7. The van der Waals surface area contributed by atoms with E-state index in [0.717, 1.165) is 15.8 Å². The number of nitrogens with zero attached hydrogens (tertiary/aromatic N) is 2. The second-order valence-electron chi connectivity index (χ2n) is 7.25. The van der Waals surface area contributed by atoms with Gasteiger partial charge in [0.25, 0.3) is 5.91 Å².